The molecule has 0 saturated carbocycles. The van der Waals surface area contributed by atoms with Gasteiger partial charge in [0.25, 0.3) is 0 Å². The molecule has 3 aromatic rings. The summed E-state index contributed by atoms with van der Waals surface area (Å²) in [5, 5.41) is 8.97. The molecule has 0 aliphatic rings. The number of rotatable bonds is 3. The minimum atomic E-state index is 0.281. The zero-order valence-electron chi connectivity index (χ0n) is 9.62. The molecular weight excluding hydrogens is 287 g/mol. The number of hydrogen-bond acceptors (Lipinski definition) is 4. The van der Waals surface area contributed by atoms with E-state index in [1.54, 1.807) is 41.1 Å². The third-order valence-electron chi connectivity index (χ3n) is 2.54. The summed E-state index contributed by atoms with van der Waals surface area (Å²) in [4.78, 5) is 3.94. The molecule has 2 heterocycles. The number of benzene rings is 1. The van der Waals surface area contributed by atoms with Crippen LogP contribution in [-0.2, 0) is 6.61 Å². The van der Waals surface area contributed by atoms with E-state index in [-0.39, 0.29) is 6.61 Å². The second kappa shape index (κ2) is 5.03. The second-order valence-corrected chi connectivity index (χ2v) is 4.56. The largest absolute Gasteiger partial charge is 0.486 e. The van der Waals surface area contributed by atoms with Gasteiger partial charge in [0.2, 0.25) is 0 Å². The lowest BCUT2D eigenvalue weighted by molar-refractivity contribution is 0.294. The maximum absolute atomic E-state index is 5.92. The Balaban J connectivity index is 1.82. The summed E-state index contributed by atoms with van der Waals surface area (Å²) >= 11 is 11.7. The lowest BCUT2D eigenvalue weighted by Gasteiger charge is -2.04. The van der Waals surface area contributed by atoms with E-state index in [1.165, 1.54) is 0 Å². The minimum Gasteiger partial charge on any atom is -0.486 e. The smallest absolute Gasteiger partial charge is 0.198 e. The lowest BCUT2D eigenvalue weighted by atomic mass is 10.3. The van der Waals surface area contributed by atoms with Gasteiger partial charge in [0, 0.05) is 17.4 Å². The molecule has 0 N–H and O–H groups in total. The van der Waals surface area contributed by atoms with E-state index in [1.807, 2.05) is 0 Å². The van der Waals surface area contributed by atoms with Gasteiger partial charge in [0.05, 0.1) is 0 Å². The number of halogens is 2. The molecule has 7 heteroatoms. The van der Waals surface area contributed by atoms with Crippen LogP contribution >= 0.6 is 23.2 Å². The van der Waals surface area contributed by atoms with Gasteiger partial charge < -0.3 is 4.74 Å². The Labute approximate surface area is 118 Å². The third-order valence-corrected chi connectivity index (χ3v) is 3.05. The maximum atomic E-state index is 5.92. The molecule has 0 bridgehead atoms. The van der Waals surface area contributed by atoms with Gasteiger partial charge in [-0.2, -0.15) is 0 Å². The van der Waals surface area contributed by atoms with E-state index in [0.29, 0.717) is 27.4 Å². The molecule has 2 aromatic heterocycles. The van der Waals surface area contributed by atoms with Crippen molar-refractivity contribution in [1.82, 2.24) is 19.6 Å². The number of fused-ring (bicyclic) bond motifs is 1. The molecule has 0 aliphatic carbocycles. The topological polar surface area (TPSA) is 52.3 Å². The molecule has 96 valence electrons. The van der Waals surface area contributed by atoms with Gasteiger partial charge in [-0.05, 0) is 24.3 Å². The standard InChI is InChI=1S/C12H8Cl2N4O/c13-8-1-3-9(4-2-8)19-7-10-16-17-12-11(14)15-5-6-18(10)12/h1-6H,7H2. The van der Waals surface area contributed by atoms with Gasteiger partial charge >= 0.3 is 0 Å². The van der Waals surface area contributed by atoms with E-state index in [0.717, 1.165) is 0 Å². The van der Waals surface area contributed by atoms with Gasteiger partial charge in [-0.25, -0.2) is 4.98 Å². The van der Waals surface area contributed by atoms with Crippen molar-refractivity contribution in [3.63, 3.8) is 0 Å². The van der Waals surface area contributed by atoms with E-state index >= 15 is 0 Å². The van der Waals surface area contributed by atoms with Crippen LogP contribution in [0.5, 0.6) is 5.75 Å². The van der Waals surface area contributed by atoms with E-state index in [4.69, 9.17) is 27.9 Å². The first-order valence-corrected chi connectivity index (χ1v) is 6.22. The van der Waals surface area contributed by atoms with Crippen molar-refractivity contribution < 1.29 is 4.74 Å². The van der Waals surface area contributed by atoms with Crippen LogP contribution in [0.25, 0.3) is 5.65 Å². The Bertz CT molecular complexity index is 711. The van der Waals surface area contributed by atoms with E-state index < -0.39 is 0 Å². The van der Waals surface area contributed by atoms with Gasteiger partial charge in [0.1, 0.15) is 12.4 Å². The predicted octanol–water partition coefficient (Wildman–Crippen LogP) is 3.01. The van der Waals surface area contributed by atoms with Crippen molar-refractivity contribution in [3.8, 4) is 5.75 Å². The Kier molecular flexibility index (Phi) is 3.23. The zero-order valence-corrected chi connectivity index (χ0v) is 11.1. The first-order chi connectivity index (χ1) is 9.24. The Morgan fingerprint density at radius 1 is 1.11 bits per heavy atom. The molecule has 0 fully saturated rings. The highest BCUT2D eigenvalue weighted by Gasteiger charge is 2.09. The highest BCUT2D eigenvalue weighted by atomic mass is 35.5. The normalized spacial score (nSPS) is 10.8. The molecule has 3 rings (SSSR count). The number of nitrogens with zero attached hydrogens (tertiary/aromatic N) is 4. The molecule has 5 nitrogen and oxygen atoms in total. The van der Waals surface area contributed by atoms with Gasteiger partial charge in [-0.3, -0.25) is 4.40 Å². The second-order valence-electron chi connectivity index (χ2n) is 3.77. The summed E-state index contributed by atoms with van der Waals surface area (Å²) in [6.07, 6.45) is 3.33. The molecule has 0 atom stereocenters. The average molecular weight is 295 g/mol. The van der Waals surface area contributed by atoms with E-state index in [9.17, 15) is 0 Å². The monoisotopic (exact) mass is 294 g/mol. The van der Waals surface area contributed by atoms with Crippen LogP contribution in [0.3, 0.4) is 0 Å². The van der Waals surface area contributed by atoms with Crippen molar-refractivity contribution in [2.75, 3.05) is 0 Å². The van der Waals surface area contributed by atoms with Crippen LogP contribution in [0, 0.1) is 0 Å². The zero-order chi connectivity index (χ0) is 13.2. The molecule has 0 aliphatic heterocycles. The fraction of sp³-hybridized carbons (Fsp3) is 0.0833. The number of hydrogen-bond donors (Lipinski definition) is 0. The van der Waals surface area contributed by atoms with Gasteiger partial charge in [-0.1, -0.05) is 23.2 Å². The summed E-state index contributed by atoms with van der Waals surface area (Å²) in [6, 6.07) is 7.11. The number of aromatic nitrogens is 4. The van der Waals surface area contributed by atoms with Crippen LogP contribution < -0.4 is 4.74 Å². The quantitative estimate of drug-likeness (QED) is 0.745. The first kappa shape index (κ1) is 12.2. The highest BCUT2D eigenvalue weighted by molar-refractivity contribution is 6.32. The molecular formula is C12H8Cl2N4O. The van der Waals surface area contributed by atoms with Crippen LogP contribution in [0.15, 0.2) is 36.7 Å². The SMILES string of the molecule is Clc1ccc(OCc2nnc3c(Cl)nccn23)cc1. The Hall–Kier alpha value is -1.85. The Morgan fingerprint density at radius 2 is 1.89 bits per heavy atom. The van der Waals surface area contributed by atoms with Crippen molar-refractivity contribution in [2.45, 2.75) is 6.61 Å². The molecule has 0 spiro atoms. The molecule has 0 radical (unpaired) electrons. The van der Waals surface area contributed by atoms with Crippen molar-refractivity contribution in [3.05, 3.63) is 52.7 Å². The third kappa shape index (κ3) is 2.47. The fourth-order valence-corrected chi connectivity index (χ4v) is 1.93. The molecule has 19 heavy (non-hydrogen) atoms. The molecule has 1 aromatic carbocycles. The first-order valence-electron chi connectivity index (χ1n) is 5.46. The van der Waals surface area contributed by atoms with Crippen LogP contribution in [0.4, 0.5) is 0 Å². The van der Waals surface area contributed by atoms with E-state index in [2.05, 4.69) is 15.2 Å². The van der Waals surface area contributed by atoms with Crippen LogP contribution in [-0.4, -0.2) is 19.6 Å². The predicted molar refractivity (Wildman–Crippen MR) is 71.6 cm³/mol. The van der Waals surface area contributed by atoms with Gasteiger partial charge in [0.15, 0.2) is 16.6 Å². The maximum Gasteiger partial charge on any atom is 0.198 e. The van der Waals surface area contributed by atoms with Crippen LogP contribution in [0.2, 0.25) is 10.2 Å². The van der Waals surface area contributed by atoms with Gasteiger partial charge in [-0.15, -0.1) is 10.2 Å². The minimum absolute atomic E-state index is 0.281. The molecule has 0 unspecified atom stereocenters. The molecule has 0 saturated heterocycles. The van der Waals surface area contributed by atoms with Crippen molar-refractivity contribution in [1.29, 1.82) is 0 Å². The fourth-order valence-electron chi connectivity index (χ4n) is 1.62. The number of ether oxygens (including phenoxy) is 1. The van der Waals surface area contributed by atoms with Crippen LogP contribution in [0.1, 0.15) is 5.82 Å². The summed E-state index contributed by atoms with van der Waals surface area (Å²) < 4.78 is 7.35. The van der Waals surface area contributed by atoms with Crippen molar-refractivity contribution >= 4 is 28.8 Å². The molecule has 0 amide bonds. The summed E-state index contributed by atoms with van der Waals surface area (Å²) in [5.41, 5.74) is 0.513. The lowest BCUT2D eigenvalue weighted by Crippen LogP contribution is -2.01. The summed E-state index contributed by atoms with van der Waals surface area (Å²) in [6.45, 7) is 0.281. The average Bonchev–Trinajstić information content (AvgIpc) is 2.83. The Morgan fingerprint density at radius 3 is 2.68 bits per heavy atom. The highest BCUT2D eigenvalue weighted by Crippen LogP contribution is 2.17. The van der Waals surface area contributed by atoms with Crippen molar-refractivity contribution in [2.24, 2.45) is 0 Å². The summed E-state index contributed by atoms with van der Waals surface area (Å²) in [5.74, 6) is 1.36. The summed E-state index contributed by atoms with van der Waals surface area (Å²) in [7, 11) is 0.